The predicted octanol–water partition coefficient (Wildman–Crippen LogP) is 6.68. The minimum absolute atomic E-state index is 0.0794. The molecule has 0 aliphatic carbocycles. The minimum atomic E-state index is -0.100. The van der Waals surface area contributed by atoms with Crippen LogP contribution in [0.2, 0.25) is 5.02 Å². The van der Waals surface area contributed by atoms with Gasteiger partial charge in [-0.1, -0.05) is 54.1 Å². The van der Waals surface area contributed by atoms with Crippen molar-refractivity contribution in [1.82, 2.24) is 0 Å². The van der Waals surface area contributed by atoms with E-state index in [-0.39, 0.29) is 12.1 Å². The SMILES string of the molecule is Cc1ccccc1C(=O)c1ccc(Nc2ccccc2COCCO[C@@H]2CCCCO2)cc1Cl. The zero-order chi connectivity index (χ0) is 23.8. The van der Waals surface area contributed by atoms with Gasteiger partial charge in [0.1, 0.15) is 0 Å². The van der Waals surface area contributed by atoms with Crippen molar-refractivity contribution in [2.45, 2.75) is 39.1 Å². The molecule has 1 fully saturated rings. The quantitative estimate of drug-likeness (QED) is 0.259. The van der Waals surface area contributed by atoms with Crippen LogP contribution in [-0.2, 0) is 20.8 Å². The van der Waals surface area contributed by atoms with Crippen molar-refractivity contribution in [3.05, 3.63) is 94.0 Å². The van der Waals surface area contributed by atoms with Gasteiger partial charge >= 0.3 is 0 Å². The van der Waals surface area contributed by atoms with Gasteiger partial charge in [-0.15, -0.1) is 0 Å². The summed E-state index contributed by atoms with van der Waals surface area (Å²) in [6.45, 7) is 4.15. The van der Waals surface area contributed by atoms with E-state index in [2.05, 4.69) is 5.32 Å². The fourth-order valence-corrected chi connectivity index (χ4v) is 4.20. The zero-order valence-electron chi connectivity index (χ0n) is 19.4. The van der Waals surface area contributed by atoms with Crippen molar-refractivity contribution in [2.75, 3.05) is 25.1 Å². The molecule has 178 valence electrons. The number of ether oxygens (including phenoxy) is 3. The van der Waals surface area contributed by atoms with Gasteiger partial charge in [-0.05, 0) is 56.0 Å². The first-order valence-electron chi connectivity index (χ1n) is 11.7. The number of aryl methyl sites for hydroxylation is 1. The predicted molar refractivity (Wildman–Crippen MR) is 135 cm³/mol. The number of rotatable bonds is 10. The number of benzene rings is 3. The smallest absolute Gasteiger partial charge is 0.194 e. The van der Waals surface area contributed by atoms with E-state index < -0.39 is 0 Å². The van der Waals surface area contributed by atoms with Gasteiger partial charge in [-0.3, -0.25) is 4.79 Å². The second kappa shape index (κ2) is 12.1. The van der Waals surface area contributed by atoms with E-state index in [1.807, 2.05) is 61.5 Å². The maximum absolute atomic E-state index is 12.9. The van der Waals surface area contributed by atoms with Crippen molar-refractivity contribution < 1.29 is 19.0 Å². The molecule has 6 heteroatoms. The number of carbonyl (C=O) groups is 1. The van der Waals surface area contributed by atoms with Crippen LogP contribution in [0.3, 0.4) is 0 Å². The summed E-state index contributed by atoms with van der Waals surface area (Å²) in [5.74, 6) is -0.0794. The molecular formula is C28H30ClNO4. The number of ketones is 1. The lowest BCUT2D eigenvalue weighted by Crippen LogP contribution is -2.23. The van der Waals surface area contributed by atoms with Gasteiger partial charge in [-0.2, -0.15) is 0 Å². The number of anilines is 2. The van der Waals surface area contributed by atoms with E-state index in [1.54, 1.807) is 12.1 Å². The number of para-hydroxylation sites is 1. The third kappa shape index (κ3) is 6.45. The van der Waals surface area contributed by atoms with Gasteiger partial charge in [0.15, 0.2) is 12.1 Å². The molecule has 4 rings (SSSR count). The fraction of sp³-hybridized carbons (Fsp3) is 0.321. The van der Waals surface area contributed by atoms with E-state index in [9.17, 15) is 4.79 Å². The first kappa shape index (κ1) is 24.4. The largest absolute Gasteiger partial charge is 0.374 e. The summed E-state index contributed by atoms with van der Waals surface area (Å²) >= 11 is 6.51. The molecule has 1 heterocycles. The first-order chi connectivity index (χ1) is 16.6. The summed E-state index contributed by atoms with van der Waals surface area (Å²) in [5, 5.41) is 3.81. The monoisotopic (exact) mass is 479 g/mol. The number of halogens is 1. The highest BCUT2D eigenvalue weighted by Gasteiger charge is 2.16. The summed E-state index contributed by atoms with van der Waals surface area (Å²) in [4.78, 5) is 12.9. The molecule has 0 bridgehead atoms. The molecule has 1 atom stereocenters. The van der Waals surface area contributed by atoms with Crippen molar-refractivity contribution in [3.63, 3.8) is 0 Å². The molecule has 0 unspecified atom stereocenters. The summed E-state index contributed by atoms with van der Waals surface area (Å²) in [7, 11) is 0. The Bertz CT molecular complexity index is 1110. The summed E-state index contributed by atoms with van der Waals surface area (Å²) in [5.41, 5.74) is 4.82. The molecule has 3 aromatic carbocycles. The van der Waals surface area contributed by atoms with Crippen LogP contribution in [0.4, 0.5) is 11.4 Å². The Balaban J connectivity index is 1.35. The van der Waals surface area contributed by atoms with E-state index in [0.717, 1.165) is 48.4 Å². The van der Waals surface area contributed by atoms with Crippen LogP contribution in [0.1, 0.15) is 46.3 Å². The molecule has 0 aromatic heterocycles. The molecule has 0 amide bonds. The summed E-state index contributed by atoms with van der Waals surface area (Å²) < 4.78 is 17.1. The molecule has 1 saturated heterocycles. The van der Waals surface area contributed by atoms with Crippen LogP contribution in [0.25, 0.3) is 0 Å². The molecule has 1 N–H and O–H groups in total. The van der Waals surface area contributed by atoms with Gasteiger partial charge < -0.3 is 19.5 Å². The summed E-state index contributed by atoms with van der Waals surface area (Å²) in [6, 6.07) is 20.9. The summed E-state index contributed by atoms with van der Waals surface area (Å²) in [6.07, 6.45) is 3.11. The molecular weight excluding hydrogens is 450 g/mol. The van der Waals surface area contributed by atoms with Gasteiger partial charge in [0, 0.05) is 34.7 Å². The van der Waals surface area contributed by atoms with Crippen LogP contribution < -0.4 is 5.32 Å². The van der Waals surface area contributed by atoms with Crippen LogP contribution in [0.15, 0.2) is 66.7 Å². The second-order valence-electron chi connectivity index (χ2n) is 8.34. The van der Waals surface area contributed by atoms with Crippen LogP contribution >= 0.6 is 11.6 Å². The highest BCUT2D eigenvalue weighted by molar-refractivity contribution is 6.35. The van der Waals surface area contributed by atoms with Crippen molar-refractivity contribution in [3.8, 4) is 0 Å². The lowest BCUT2D eigenvalue weighted by molar-refractivity contribution is -0.169. The van der Waals surface area contributed by atoms with Crippen molar-refractivity contribution in [1.29, 1.82) is 0 Å². The van der Waals surface area contributed by atoms with E-state index in [1.165, 1.54) is 0 Å². The maximum Gasteiger partial charge on any atom is 0.194 e. The zero-order valence-corrected chi connectivity index (χ0v) is 20.1. The number of hydrogen-bond donors (Lipinski definition) is 1. The number of hydrogen-bond acceptors (Lipinski definition) is 5. The van der Waals surface area contributed by atoms with Gasteiger partial charge in [-0.25, -0.2) is 0 Å². The highest BCUT2D eigenvalue weighted by Crippen LogP contribution is 2.28. The maximum atomic E-state index is 12.9. The average Bonchev–Trinajstić information content (AvgIpc) is 2.85. The lowest BCUT2D eigenvalue weighted by Gasteiger charge is -2.22. The third-order valence-corrected chi connectivity index (χ3v) is 6.14. The van der Waals surface area contributed by atoms with E-state index in [4.69, 9.17) is 25.8 Å². The number of nitrogens with one attached hydrogen (secondary N) is 1. The Labute approximate surface area is 206 Å². The molecule has 5 nitrogen and oxygen atoms in total. The minimum Gasteiger partial charge on any atom is -0.374 e. The second-order valence-corrected chi connectivity index (χ2v) is 8.75. The topological polar surface area (TPSA) is 56.8 Å². The van der Waals surface area contributed by atoms with Gasteiger partial charge in [0.2, 0.25) is 0 Å². The average molecular weight is 480 g/mol. The Kier molecular flexibility index (Phi) is 8.72. The Morgan fingerprint density at radius 3 is 2.65 bits per heavy atom. The molecule has 1 aliphatic rings. The first-order valence-corrected chi connectivity index (χ1v) is 12.1. The van der Waals surface area contributed by atoms with Gasteiger partial charge in [0.05, 0.1) is 24.8 Å². The van der Waals surface area contributed by atoms with E-state index in [0.29, 0.717) is 36.0 Å². The molecule has 1 aliphatic heterocycles. The molecule has 3 aromatic rings. The Morgan fingerprint density at radius 1 is 1.03 bits per heavy atom. The normalized spacial score (nSPS) is 15.8. The van der Waals surface area contributed by atoms with Crippen LogP contribution in [0, 0.1) is 6.92 Å². The van der Waals surface area contributed by atoms with E-state index >= 15 is 0 Å². The Hall–Kier alpha value is -2.70. The van der Waals surface area contributed by atoms with Crippen LogP contribution in [0.5, 0.6) is 0 Å². The molecule has 34 heavy (non-hydrogen) atoms. The highest BCUT2D eigenvalue weighted by atomic mass is 35.5. The van der Waals surface area contributed by atoms with Gasteiger partial charge in [0.25, 0.3) is 0 Å². The van der Waals surface area contributed by atoms with Crippen LogP contribution in [-0.4, -0.2) is 31.9 Å². The molecule has 0 spiro atoms. The fourth-order valence-electron chi connectivity index (χ4n) is 3.94. The molecule has 0 radical (unpaired) electrons. The van der Waals surface area contributed by atoms with Crippen molar-refractivity contribution >= 4 is 28.8 Å². The lowest BCUT2D eigenvalue weighted by atomic mass is 9.99. The standard InChI is InChI=1S/C28H30ClNO4/c1-20-8-2-4-10-23(20)28(31)24-14-13-22(18-25(24)29)30-26-11-5-3-9-21(26)19-32-16-17-34-27-12-6-7-15-33-27/h2-5,8-11,13-14,18,27,30H,6-7,12,15-17,19H2,1H3/t27-/m1/s1. The number of carbonyl (C=O) groups excluding carboxylic acids is 1. The third-order valence-electron chi connectivity index (χ3n) is 5.83. The Morgan fingerprint density at radius 2 is 1.85 bits per heavy atom. The van der Waals surface area contributed by atoms with Crippen molar-refractivity contribution in [2.24, 2.45) is 0 Å². The molecule has 0 saturated carbocycles.